The summed E-state index contributed by atoms with van der Waals surface area (Å²) < 4.78 is 24.1. The number of methoxy groups -OCH3 is 2. The third-order valence-corrected chi connectivity index (χ3v) is 3.33. The second-order valence-electron chi connectivity index (χ2n) is 4.66. The van der Waals surface area contributed by atoms with E-state index in [0.29, 0.717) is 6.54 Å². The van der Waals surface area contributed by atoms with E-state index in [1.54, 1.807) is 13.2 Å². The molecule has 2 rings (SSSR count). The predicted molar refractivity (Wildman–Crippen MR) is 82.3 cm³/mol. The van der Waals surface area contributed by atoms with Gasteiger partial charge in [-0.15, -0.1) is 0 Å². The first-order valence-corrected chi connectivity index (χ1v) is 6.91. The van der Waals surface area contributed by atoms with Crippen LogP contribution in [0.2, 0.25) is 0 Å². The molecule has 4 heteroatoms. The van der Waals surface area contributed by atoms with E-state index in [4.69, 9.17) is 9.47 Å². The van der Waals surface area contributed by atoms with E-state index in [9.17, 15) is 4.39 Å². The average molecular weight is 289 g/mol. The number of ether oxygens (including phenoxy) is 2. The maximum absolute atomic E-state index is 13.8. The fraction of sp³-hybridized carbons (Fsp3) is 0.294. The fourth-order valence-corrected chi connectivity index (χ4v) is 2.20. The van der Waals surface area contributed by atoms with Crippen molar-refractivity contribution in [1.29, 1.82) is 0 Å². The van der Waals surface area contributed by atoms with Gasteiger partial charge in [0.1, 0.15) is 5.75 Å². The molecule has 0 aliphatic rings. The molecule has 0 atom stereocenters. The zero-order chi connectivity index (χ0) is 15.2. The summed E-state index contributed by atoms with van der Waals surface area (Å²) in [7, 11) is 3.11. The SMILES string of the molecule is CCNCc1cc(-c2ccc(OC)c(F)c2)ccc1OC. The monoisotopic (exact) mass is 289 g/mol. The minimum Gasteiger partial charge on any atom is -0.496 e. The molecule has 21 heavy (non-hydrogen) atoms. The van der Waals surface area contributed by atoms with Crippen LogP contribution in [0.3, 0.4) is 0 Å². The van der Waals surface area contributed by atoms with E-state index in [2.05, 4.69) is 12.2 Å². The molecule has 0 aliphatic carbocycles. The van der Waals surface area contributed by atoms with Crippen LogP contribution >= 0.6 is 0 Å². The van der Waals surface area contributed by atoms with E-state index < -0.39 is 0 Å². The van der Waals surface area contributed by atoms with Crippen LogP contribution in [0.5, 0.6) is 11.5 Å². The number of hydrogen-bond acceptors (Lipinski definition) is 3. The van der Waals surface area contributed by atoms with Crippen molar-refractivity contribution in [3.63, 3.8) is 0 Å². The first kappa shape index (κ1) is 15.3. The van der Waals surface area contributed by atoms with Crippen LogP contribution in [0.25, 0.3) is 11.1 Å². The lowest BCUT2D eigenvalue weighted by Gasteiger charge is -2.12. The maximum atomic E-state index is 13.8. The van der Waals surface area contributed by atoms with Crippen LogP contribution < -0.4 is 14.8 Å². The summed E-state index contributed by atoms with van der Waals surface area (Å²) in [6.45, 7) is 3.64. The van der Waals surface area contributed by atoms with E-state index in [-0.39, 0.29) is 11.6 Å². The van der Waals surface area contributed by atoms with Gasteiger partial charge in [0, 0.05) is 12.1 Å². The van der Waals surface area contributed by atoms with Gasteiger partial charge in [-0.2, -0.15) is 0 Å². The molecule has 0 bridgehead atoms. The molecule has 0 aromatic heterocycles. The molecule has 112 valence electrons. The molecule has 0 heterocycles. The number of benzene rings is 2. The highest BCUT2D eigenvalue weighted by Gasteiger charge is 2.08. The number of rotatable bonds is 6. The first-order valence-electron chi connectivity index (χ1n) is 6.91. The Bertz CT molecular complexity index is 614. The fourth-order valence-electron chi connectivity index (χ4n) is 2.20. The van der Waals surface area contributed by atoms with Crippen molar-refractivity contribution in [3.05, 3.63) is 47.8 Å². The van der Waals surface area contributed by atoms with Crippen LogP contribution in [-0.4, -0.2) is 20.8 Å². The van der Waals surface area contributed by atoms with Gasteiger partial charge in [0.2, 0.25) is 0 Å². The van der Waals surface area contributed by atoms with Gasteiger partial charge in [-0.1, -0.05) is 19.1 Å². The van der Waals surface area contributed by atoms with Gasteiger partial charge in [-0.25, -0.2) is 4.39 Å². The molecule has 0 aliphatic heterocycles. The lowest BCUT2D eigenvalue weighted by atomic mass is 10.0. The Morgan fingerprint density at radius 3 is 2.14 bits per heavy atom. The number of hydrogen-bond donors (Lipinski definition) is 1. The third kappa shape index (κ3) is 3.52. The third-order valence-electron chi connectivity index (χ3n) is 3.33. The highest BCUT2D eigenvalue weighted by molar-refractivity contribution is 5.66. The lowest BCUT2D eigenvalue weighted by molar-refractivity contribution is 0.386. The minimum absolute atomic E-state index is 0.250. The highest BCUT2D eigenvalue weighted by Crippen LogP contribution is 2.29. The molecule has 0 amide bonds. The smallest absolute Gasteiger partial charge is 0.165 e. The molecule has 0 spiro atoms. The molecule has 0 unspecified atom stereocenters. The summed E-state index contributed by atoms with van der Waals surface area (Å²) in [5, 5.41) is 3.27. The van der Waals surface area contributed by atoms with Gasteiger partial charge in [-0.3, -0.25) is 0 Å². The Balaban J connectivity index is 2.37. The topological polar surface area (TPSA) is 30.5 Å². The Labute approximate surface area is 124 Å². The summed E-state index contributed by atoms with van der Waals surface area (Å²) in [4.78, 5) is 0. The van der Waals surface area contributed by atoms with Crippen LogP contribution in [-0.2, 0) is 6.54 Å². The largest absolute Gasteiger partial charge is 0.496 e. The summed E-state index contributed by atoms with van der Waals surface area (Å²) >= 11 is 0. The van der Waals surface area contributed by atoms with E-state index in [1.165, 1.54) is 13.2 Å². The molecule has 1 N–H and O–H groups in total. The van der Waals surface area contributed by atoms with Crippen molar-refractivity contribution in [3.8, 4) is 22.6 Å². The summed E-state index contributed by atoms with van der Waals surface area (Å²) in [6.07, 6.45) is 0. The molecule has 0 fully saturated rings. The van der Waals surface area contributed by atoms with Crippen molar-refractivity contribution in [2.45, 2.75) is 13.5 Å². The first-order chi connectivity index (χ1) is 10.2. The molecule has 0 saturated heterocycles. The second kappa shape index (κ2) is 7.09. The molecule has 3 nitrogen and oxygen atoms in total. The molecule has 2 aromatic carbocycles. The van der Waals surface area contributed by atoms with E-state index >= 15 is 0 Å². The zero-order valence-corrected chi connectivity index (χ0v) is 12.6. The Morgan fingerprint density at radius 2 is 1.57 bits per heavy atom. The normalized spacial score (nSPS) is 10.5. The van der Waals surface area contributed by atoms with Crippen LogP contribution in [0, 0.1) is 5.82 Å². The molecule has 0 saturated carbocycles. The van der Waals surface area contributed by atoms with Gasteiger partial charge in [-0.05, 0) is 41.9 Å². The van der Waals surface area contributed by atoms with Gasteiger partial charge in [0.05, 0.1) is 14.2 Å². The van der Waals surface area contributed by atoms with Crippen molar-refractivity contribution >= 4 is 0 Å². The summed E-state index contributed by atoms with van der Waals surface area (Å²) in [6, 6.07) is 10.8. The predicted octanol–water partition coefficient (Wildman–Crippen LogP) is 3.62. The molecular formula is C17H20FNO2. The second-order valence-corrected chi connectivity index (χ2v) is 4.66. The average Bonchev–Trinajstić information content (AvgIpc) is 2.52. The van der Waals surface area contributed by atoms with Crippen LogP contribution in [0.4, 0.5) is 4.39 Å². The van der Waals surface area contributed by atoms with Gasteiger partial charge >= 0.3 is 0 Å². The maximum Gasteiger partial charge on any atom is 0.165 e. The Hall–Kier alpha value is -2.07. The summed E-state index contributed by atoms with van der Waals surface area (Å²) in [5.74, 6) is 0.716. The van der Waals surface area contributed by atoms with Gasteiger partial charge in [0.25, 0.3) is 0 Å². The highest BCUT2D eigenvalue weighted by atomic mass is 19.1. The van der Waals surface area contributed by atoms with E-state index in [0.717, 1.165) is 29.0 Å². The van der Waals surface area contributed by atoms with Gasteiger partial charge < -0.3 is 14.8 Å². The van der Waals surface area contributed by atoms with Crippen molar-refractivity contribution < 1.29 is 13.9 Å². The van der Waals surface area contributed by atoms with Crippen molar-refractivity contribution in [2.75, 3.05) is 20.8 Å². The van der Waals surface area contributed by atoms with Crippen molar-refractivity contribution in [2.24, 2.45) is 0 Å². The molecule has 2 aromatic rings. The standard InChI is InChI=1S/C17H20FNO2/c1-4-19-11-14-9-12(5-7-16(14)20-2)13-6-8-17(21-3)15(18)10-13/h5-10,19H,4,11H2,1-3H3. The van der Waals surface area contributed by atoms with Crippen molar-refractivity contribution in [1.82, 2.24) is 5.32 Å². The minimum atomic E-state index is -0.362. The summed E-state index contributed by atoms with van der Waals surface area (Å²) in [5.41, 5.74) is 2.81. The van der Waals surface area contributed by atoms with E-state index in [1.807, 2.05) is 24.3 Å². The Morgan fingerprint density at radius 1 is 0.952 bits per heavy atom. The quantitative estimate of drug-likeness (QED) is 0.881. The molecular weight excluding hydrogens is 269 g/mol. The number of halogens is 1. The zero-order valence-electron chi connectivity index (χ0n) is 12.6. The van der Waals surface area contributed by atoms with Crippen LogP contribution in [0.15, 0.2) is 36.4 Å². The molecule has 0 radical (unpaired) electrons. The Kier molecular flexibility index (Phi) is 5.17. The lowest BCUT2D eigenvalue weighted by Crippen LogP contribution is -2.12. The van der Waals surface area contributed by atoms with Crippen LogP contribution in [0.1, 0.15) is 12.5 Å². The number of nitrogens with one attached hydrogen (secondary N) is 1. The van der Waals surface area contributed by atoms with Gasteiger partial charge in [0.15, 0.2) is 11.6 Å².